The summed E-state index contributed by atoms with van der Waals surface area (Å²) in [5.74, 6) is -3.29. The van der Waals surface area contributed by atoms with Crippen LogP contribution in [0.2, 0.25) is 0 Å². The number of nitrogens with zero attached hydrogens (tertiary/aromatic N) is 9. The molecule has 0 saturated carbocycles. The van der Waals surface area contributed by atoms with Gasteiger partial charge in [0.1, 0.15) is 62.0 Å². The molecule has 0 amide bonds. The molecular weight excluding hydrogens is 1560 g/mol. The van der Waals surface area contributed by atoms with Gasteiger partial charge in [0.25, 0.3) is 0 Å². The van der Waals surface area contributed by atoms with Gasteiger partial charge in [-0.3, -0.25) is 0 Å². The van der Waals surface area contributed by atoms with Gasteiger partial charge in [0.15, 0.2) is 0 Å². The summed E-state index contributed by atoms with van der Waals surface area (Å²) in [6, 6.07) is 0. The van der Waals surface area contributed by atoms with Crippen molar-refractivity contribution in [3.63, 3.8) is 0 Å². The first-order valence-corrected chi connectivity index (χ1v) is 45.1. The fourth-order valence-corrected chi connectivity index (χ4v) is 14.6. The molecule has 0 heterocycles. The van der Waals surface area contributed by atoms with E-state index in [1.54, 1.807) is 83.1 Å². The molecule has 678 valence electrons. The van der Waals surface area contributed by atoms with Gasteiger partial charge in [0.2, 0.25) is 0 Å². The van der Waals surface area contributed by atoms with Crippen LogP contribution in [0, 0.1) is 10.8 Å². The number of hydrogen-bond donors (Lipinski definition) is 0. The van der Waals surface area contributed by atoms with Crippen LogP contribution in [-0.2, 0) is 58.4 Å². The van der Waals surface area contributed by atoms with Crippen LogP contribution in [0.5, 0.6) is 0 Å². The molecule has 33 nitrogen and oxygen atoms in total. The van der Waals surface area contributed by atoms with E-state index in [0.29, 0.717) is 60.0 Å². The smallest absolute Gasteiger partial charge is 0.111 e. The van der Waals surface area contributed by atoms with Crippen molar-refractivity contribution in [3.8, 4) is 0 Å². The second kappa shape index (κ2) is 40.5. The number of hydrogen-bond acceptors (Lipinski definition) is 24. The van der Waals surface area contributed by atoms with Crippen molar-refractivity contribution in [1.82, 2.24) is 0 Å². The number of rotatable bonds is 27. The number of quaternary nitrogens is 9. The predicted molar refractivity (Wildman–Crippen MR) is 427 cm³/mol. The standard InChI is InChI=1S/C10H21NO2.C9H22NO3P.C9H21NO3S.2C8H17NO2.2C7H18NO3P.2C7H17NO3S/c1-9(2,8(12)13)10(3,4)11(5,6)7;2*1-8(2,10(5,6)7)9(3,4)14(11,12)13;1-8(2,7(10)11)6-9(3,4)5;1-8(2,6-7(10)11)9(3,4)5;1-7(2,8(3,4)5)6-12(9,10)11;1-7(2,12(9,10)11)6-8(3,4)5;1-7(2,8(3,4)5)6-12(9,10)11;1-7(2,12(9,10)11)6-8(3,4)5/h1-7H3;1-7H3,(H-,11,12,13);1-7H3;2*6H2,1-5H3;2*6H2,1-5H3,(H-,9,10,11);2*6H2,1-5H3/p-3. The monoisotopic (exact) mass is 1730 g/mol. The summed E-state index contributed by atoms with van der Waals surface area (Å²) in [6.07, 6.45) is -0.208. The minimum atomic E-state index is -4.60. The maximum absolute atomic E-state index is 11.2. The molecule has 0 atom stereocenters. The molecule has 0 radical (unpaired) electrons. The van der Waals surface area contributed by atoms with E-state index in [1.807, 2.05) is 218 Å². The third kappa shape index (κ3) is 46.4. The maximum Gasteiger partial charge on any atom is 0.111 e. The number of aliphatic carboxylic acids is 3. The quantitative estimate of drug-likeness (QED) is 0.0546. The van der Waals surface area contributed by atoms with Gasteiger partial charge in [-0.2, -0.15) is 0 Å². The molecule has 0 aliphatic rings. The van der Waals surface area contributed by atoms with Crippen molar-refractivity contribution in [2.45, 2.75) is 226 Å². The van der Waals surface area contributed by atoms with Gasteiger partial charge in [0.05, 0.1) is 250 Å². The van der Waals surface area contributed by atoms with Crippen LogP contribution in [0.4, 0.5) is 0 Å². The third-order valence-electron chi connectivity index (χ3n) is 23.0. The highest BCUT2D eigenvalue weighted by Crippen LogP contribution is 2.52. The first-order chi connectivity index (χ1) is 46.1. The molecule has 0 bridgehead atoms. The molecule has 0 unspecified atom stereocenters. The Morgan fingerprint density at radius 2 is 0.604 bits per heavy atom. The fraction of sp³-hybridized carbons (Fsp3) is 0.958. The number of carbonyl (C=O) groups is 3. The normalized spacial score (nSPS) is 14.7. The van der Waals surface area contributed by atoms with E-state index in [0.717, 1.165) is 0 Å². The summed E-state index contributed by atoms with van der Waals surface area (Å²) < 4.78 is 132. The molecule has 0 spiro atoms. The van der Waals surface area contributed by atoms with E-state index >= 15 is 0 Å². The van der Waals surface area contributed by atoms with E-state index in [2.05, 4.69) is 0 Å². The average molecular weight is 1730 g/mol. The molecule has 0 aliphatic heterocycles. The minimum absolute atomic E-state index is 0.0938. The summed E-state index contributed by atoms with van der Waals surface area (Å²) in [7, 11) is 25.3. The number of carbonyl (C=O) groups excluding carboxylic acids is 3. The topological polar surface area (TPSA) is 482 Å². The molecule has 0 aromatic heterocycles. The fourth-order valence-electron chi connectivity index (χ4n) is 8.98. The van der Waals surface area contributed by atoms with E-state index in [-0.39, 0.29) is 29.4 Å². The zero-order valence-electron chi connectivity index (χ0n) is 79.1. The zero-order chi connectivity index (χ0) is 94.5. The number of carboxylic acid groups (broad SMARTS) is 3. The van der Waals surface area contributed by atoms with Gasteiger partial charge in [-0.1, -0.05) is 22.8 Å². The summed E-state index contributed by atoms with van der Waals surface area (Å²) in [5.41, 5.74) is -4.56. The Morgan fingerprint density at radius 3 is 0.685 bits per heavy atom. The molecule has 0 fully saturated rings. The lowest BCUT2D eigenvalue weighted by Crippen LogP contribution is -2.66. The van der Waals surface area contributed by atoms with Crippen molar-refractivity contribution in [2.75, 3.05) is 222 Å². The molecule has 0 rings (SSSR count). The van der Waals surface area contributed by atoms with Crippen molar-refractivity contribution >= 4 is 71.0 Å². The van der Waals surface area contributed by atoms with E-state index in [1.165, 1.54) is 55.4 Å². The van der Waals surface area contributed by atoms with Crippen molar-refractivity contribution < 1.29 is 152 Å². The Balaban J connectivity index is -0.000000151. The Bertz CT molecular complexity index is 3420. The van der Waals surface area contributed by atoms with Gasteiger partial charge >= 0.3 is 0 Å². The van der Waals surface area contributed by atoms with E-state index in [4.69, 9.17) is 0 Å². The van der Waals surface area contributed by atoms with Crippen LogP contribution in [0.25, 0.3) is 0 Å². The molecule has 111 heavy (non-hydrogen) atoms. The molecular formula is C72H165N9O24P3S3-3. The first-order valence-electron chi connectivity index (χ1n) is 35.9. The Labute approximate surface area is 677 Å². The maximum atomic E-state index is 11.2. The lowest BCUT2D eigenvalue weighted by atomic mass is 9.72. The Hall–Kier alpha value is -1.77. The van der Waals surface area contributed by atoms with Gasteiger partial charge in [-0.05, 0) is 166 Å². The predicted octanol–water partition coefficient (Wildman–Crippen LogP) is -0.912. The van der Waals surface area contributed by atoms with Gasteiger partial charge in [-0.25, -0.2) is 25.3 Å². The average Bonchev–Trinajstić information content (AvgIpc) is 0.758. The highest BCUT2D eigenvalue weighted by Gasteiger charge is 2.53. The van der Waals surface area contributed by atoms with Crippen LogP contribution >= 0.6 is 22.8 Å². The largest absolute Gasteiger partial charge is 0.811 e. The van der Waals surface area contributed by atoms with Crippen LogP contribution in [-0.4, -0.2) is 372 Å². The lowest BCUT2D eigenvalue weighted by Gasteiger charge is -2.58. The molecule has 0 N–H and O–H groups in total. The first kappa shape index (κ1) is 127. The molecule has 0 aromatic carbocycles. The highest BCUT2D eigenvalue weighted by molar-refractivity contribution is 7.87. The van der Waals surface area contributed by atoms with Crippen molar-refractivity contribution in [2.24, 2.45) is 10.8 Å². The Kier molecular flexibility index (Phi) is 46.5. The molecule has 0 saturated heterocycles. The second-order valence-corrected chi connectivity index (χ2v) is 55.4. The van der Waals surface area contributed by atoms with Gasteiger partial charge in [0, 0.05) is 28.9 Å². The van der Waals surface area contributed by atoms with Crippen LogP contribution in [0.1, 0.15) is 173 Å². The number of carboxylic acids is 3. The van der Waals surface area contributed by atoms with E-state index in [9.17, 15) is 112 Å². The Morgan fingerprint density at radius 1 is 0.333 bits per heavy atom. The van der Waals surface area contributed by atoms with Crippen LogP contribution in [0.15, 0.2) is 0 Å². The molecule has 0 aliphatic carbocycles. The molecule has 39 heteroatoms. The summed E-state index contributed by atoms with van der Waals surface area (Å²) in [4.78, 5) is 97.0. The van der Waals surface area contributed by atoms with E-state index < -0.39 is 124 Å². The van der Waals surface area contributed by atoms with Crippen molar-refractivity contribution in [3.05, 3.63) is 0 Å². The van der Waals surface area contributed by atoms with Crippen molar-refractivity contribution in [1.29, 1.82) is 0 Å². The summed E-state index contributed by atoms with van der Waals surface area (Å²) >= 11 is 0. The minimum Gasteiger partial charge on any atom is -0.811 e. The SMILES string of the molecule is CC(C)(C(=O)[O-])C(C)(C)[N+](C)(C)C.CC(C)(C(C)(C)P(=O)([O-])[O-])[N+](C)(C)C.CC(C)(C(C)(C)S(=O)(=O)[O-])[N+](C)(C)C.CC(C)(CC(=O)[O-])[N+](C)(C)C.CC(C)(CP(=O)([O-])[O-])[N+](C)(C)C.CC(C)(CS(=O)(=O)[O-])[N+](C)(C)C.CC(C)(C[N+](C)(C)C)C(=O)[O-].CC(C)(C[N+](C)(C)C)P(=O)([O-])[O-].CC(C)(C[N+](C)(C)C)S(=O)(=O)[O-]. The second-order valence-electron chi connectivity index (χ2n) is 44.2. The highest BCUT2D eigenvalue weighted by atomic mass is 32.2. The zero-order valence-corrected chi connectivity index (χ0v) is 84.3. The lowest BCUT2D eigenvalue weighted by molar-refractivity contribution is -0.927. The van der Waals surface area contributed by atoms with Gasteiger partial charge in [-0.15, -0.1) is 0 Å². The summed E-state index contributed by atoms with van der Waals surface area (Å²) in [6.45, 7) is 41.8. The summed E-state index contributed by atoms with van der Waals surface area (Å²) in [5, 5.41) is 29.5. The molecule has 0 aromatic rings. The van der Waals surface area contributed by atoms with Crippen LogP contribution in [0.3, 0.4) is 0 Å². The third-order valence-corrected chi connectivity index (χ3v) is 32.0. The van der Waals surface area contributed by atoms with Crippen LogP contribution < -0.4 is 44.7 Å². The van der Waals surface area contributed by atoms with Gasteiger partial charge < -0.3 is 127 Å².